The van der Waals surface area contributed by atoms with Gasteiger partial charge in [-0.25, -0.2) is 0 Å². The van der Waals surface area contributed by atoms with E-state index in [0.717, 1.165) is 13.1 Å². The molecule has 16 heavy (non-hydrogen) atoms. The minimum absolute atomic E-state index is 0.0126. The van der Waals surface area contributed by atoms with Gasteiger partial charge in [-0.1, -0.05) is 0 Å². The summed E-state index contributed by atoms with van der Waals surface area (Å²) in [7, 11) is 3.95. The Bertz CT molecular complexity index is 286. The molecule has 1 saturated heterocycles. The van der Waals surface area contributed by atoms with E-state index in [1.807, 2.05) is 14.1 Å². The number of rotatable bonds is 3. The Hall–Kier alpha value is -0.610. The van der Waals surface area contributed by atoms with Crippen LogP contribution in [0.2, 0.25) is 0 Å². The summed E-state index contributed by atoms with van der Waals surface area (Å²) in [4.78, 5) is 16.8. The van der Waals surface area contributed by atoms with E-state index in [1.54, 1.807) is 0 Å². The second kappa shape index (κ2) is 4.00. The molecule has 2 aliphatic rings. The van der Waals surface area contributed by atoms with Crippen LogP contribution in [-0.2, 0) is 4.79 Å². The van der Waals surface area contributed by atoms with Gasteiger partial charge >= 0.3 is 0 Å². The van der Waals surface area contributed by atoms with E-state index in [4.69, 9.17) is 0 Å². The molecule has 92 valence electrons. The largest absolute Gasteiger partial charge is 0.332 e. The monoisotopic (exact) mass is 225 g/mol. The summed E-state index contributed by atoms with van der Waals surface area (Å²) in [5, 5.41) is 3.12. The molecular formula is C12H23N3O. The molecule has 0 aromatic carbocycles. The maximum absolute atomic E-state index is 12.5. The van der Waals surface area contributed by atoms with Gasteiger partial charge in [0.25, 0.3) is 0 Å². The smallest absolute Gasteiger partial charge is 0.241 e. The van der Waals surface area contributed by atoms with Crippen molar-refractivity contribution in [1.82, 2.24) is 15.1 Å². The van der Waals surface area contributed by atoms with Crippen molar-refractivity contribution in [3.05, 3.63) is 0 Å². The van der Waals surface area contributed by atoms with Crippen LogP contribution in [0.25, 0.3) is 0 Å². The summed E-state index contributed by atoms with van der Waals surface area (Å²) in [6, 6.07) is 0.522. The van der Waals surface area contributed by atoms with E-state index in [0.29, 0.717) is 11.9 Å². The zero-order chi connectivity index (χ0) is 11.9. The van der Waals surface area contributed by atoms with Gasteiger partial charge < -0.3 is 10.2 Å². The third kappa shape index (κ3) is 1.96. The minimum atomic E-state index is -0.0166. The highest BCUT2D eigenvalue weighted by Gasteiger charge is 2.48. The van der Waals surface area contributed by atoms with Crippen LogP contribution in [0, 0.1) is 0 Å². The van der Waals surface area contributed by atoms with Crippen molar-refractivity contribution in [3.8, 4) is 0 Å². The lowest BCUT2D eigenvalue weighted by atomic mass is 9.95. The number of nitrogens with one attached hydrogen (secondary N) is 1. The highest BCUT2D eigenvalue weighted by atomic mass is 16.2. The number of amides is 1. The topological polar surface area (TPSA) is 35.6 Å². The van der Waals surface area contributed by atoms with Crippen molar-refractivity contribution >= 4 is 5.91 Å². The zero-order valence-electron chi connectivity index (χ0n) is 10.8. The lowest BCUT2D eigenvalue weighted by Crippen LogP contribution is -2.67. The molecule has 0 bridgehead atoms. The summed E-state index contributed by atoms with van der Waals surface area (Å²) in [6.45, 7) is 6.06. The SMILES string of the molecule is CNCC1C(=O)N(C2CC2)C(C)(C)CN1C. The quantitative estimate of drug-likeness (QED) is 0.750. The Morgan fingerprint density at radius 2 is 2.06 bits per heavy atom. The van der Waals surface area contributed by atoms with Crippen molar-refractivity contribution < 1.29 is 4.79 Å². The number of piperazine rings is 1. The number of carbonyl (C=O) groups excluding carboxylic acids is 1. The van der Waals surface area contributed by atoms with E-state index in [9.17, 15) is 4.79 Å². The first-order chi connectivity index (χ1) is 7.47. The Morgan fingerprint density at radius 3 is 2.56 bits per heavy atom. The fourth-order valence-corrected chi connectivity index (χ4v) is 2.89. The van der Waals surface area contributed by atoms with Gasteiger partial charge in [0.15, 0.2) is 0 Å². The maximum atomic E-state index is 12.5. The molecule has 2 fully saturated rings. The van der Waals surface area contributed by atoms with E-state index in [-0.39, 0.29) is 11.6 Å². The Morgan fingerprint density at radius 1 is 1.44 bits per heavy atom. The van der Waals surface area contributed by atoms with Crippen LogP contribution in [0.1, 0.15) is 26.7 Å². The van der Waals surface area contributed by atoms with Crippen molar-refractivity contribution in [2.45, 2.75) is 44.3 Å². The van der Waals surface area contributed by atoms with Gasteiger partial charge in [0, 0.05) is 19.1 Å². The van der Waals surface area contributed by atoms with Gasteiger partial charge in [-0.05, 0) is 40.8 Å². The van der Waals surface area contributed by atoms with Crippen molar-refractivity contribution in [2.24, 2.45) is 0 Å². The summed E-state index contributed by atoms with van der Waals surface area (Å²) in [5.41, 5.74) is -0.0166. The molecule has 1 atom stereocenters. The normalized spacial score (nSPS) is 30.9. The average molecular weight is 225 g/mol. The number of likely N-dealkylation sites (N-methyl/N-ethyl adjacent to an activating group) is 2. The summed E-state index contributed by atoms with van der Waals surface area (Å²) in [6.07, 6.45) is 2.37. The molecule has 0 aromatic heterocycles. The molecule has 0 aromatic rings. The number of hydrogen-bond donors (Lipinski definition) is 1. The predicted octanol–water partition coefficient (Wildman–Crippen LogP) is 0.289. The van der Waals surface area contributed by atoms with Crippen LogP contribution in [0.5, 0.6) is 0 Å². The molecule has 4 nitrogen and oxygen atoms in total. The van der Waals surface area contributed by atoms with E-state index < -0.39 is 0 Å². The Labute approximate surface area is 98.0 Å². The first-order valence-electron chi connectivity index (χ1n) is 6.15. The standard InChI is InChI=1S/C12H23N3O/c1-12(2)8-14(4)10(7-13-3)11(16)15(12)9-5-6-9/h9-10,13H,5-8H2,1-4H3. The molecule has 0 radical (unpaired) electrons. The first kappa shape index (κ1) is 11.9. The van der Waals surface area contributed by atoms with Gasteiger partial charge in [-0.15, -0.1) is 0 Å². The van der Waals surface area contributed by atoms with Crippen LogP contribution in [0.3, 0.4) is 0 Å². The molecule has 1 aliphatic carbocycles. The molecule has 1 saturated carbocycles. The molecule has 1 N–H and O–H groups in total. The lowest BCUT2D eigenvalue weighted by molar-refractivity contribution is -0.151. The van der Waals surface area contributed by atoms with Crippen LogP contribution < -0.4 is 5.32 Å². The molecule has 1 aliphatic heterocycles. The highest BCUT2D eigenvalue weighted by molar-refractivity contribution is 5.84. The molecule has 1 unspecified atom stereocenters. The van der Waals surface area contributed by atoms with Crippen LogP contribution in [0.4, 0.5) is 0 Å². The van der Waals surface area contributed by atoms with Crippen molar-refractivity contribution in [2.75, 3.05) is 27.2 Å². The number of nitrogens with zero attached hydrogens (tertiary/aromatic N) is 2. The number of carbonyl (C=O) groups is 1. The fourth-order valence-electron chi connectivity index (χ4n) is 2.89. The summed E-state index contributed by atoms with van der Waals surface area (Å²) in [5.74, 6) is 0.301. The Balaban J connectivity index is 2.18. The third-order valence-corrected chi connectivity index (χ3v) is 3.65. The van der Waals surface area contributed by atoms with Gasteiger partial charge in [0.1, 0.15) is 6.04 Å². The Kier molecular flexibility index (Phi) is 2.97. The van der Waals surface area contributed by atoms with Crippen molar-refractivity contribution in [3.63, 3.8) is 0 Å². The molecule has 2 rings (SSSR count). The van der Waals surface area contributed by atoms with E-state index in [1.165, 1.54) is 12.8 Å². The second-order valence-corrected chi connectivity index (χ2v) is 5.74. The summed E-state index contributed by atoms with van der Waals surface area (Å²) >= 11 is 0. The molecule has 0 spiro atoms. The molecule has 4 heteroatoms. The predicted molar refractivity (Wildman–Crippen MR) is 64.3 cm³/mol. The van der Waals surface area contributed by atoms with Gasteiger partial charge in [-0.3, -0.25) is 9.69 Å². The van der Waals surface area contributed by atoms with E-state index in [2.05, 4.69) is 29.0 Å². The summed E-state index contributed by atoms with van der Waals surface area (Å²) < 4.78 is 0. The third-order valence-electron chi connectivity index (χ3n) is 3.65. The van der Waals surface area contributed by atoms with E-state index >= 15 is 0 Å². The van der Waals surface area contributed by atoms with Crippen LogP contribution in [-0.4, -0.2) is 60.5 Å². The molecule has 1 heterocycles. The molecule has 1 amide bonds. The van der Waals surface area contributed by atoms with Crippen molar-refractivity contribution in [1.29, 1.82) is 0 Å². The van der Waals surface area contributed by atoms with Crippen LogP contribution >= 0.6 is 0 Å². The van der Waals surface area contributed by atoms with Gasteiger partial charge in [-0.2, -0.15) is 0 Å². The maximum Gasteiger partial charge on any atom is 0.241 e. The highest BCUT2D eigenvalue weighted by Crippen LogP contribution is 2.36. The number of hydrogen-bond acceptors (Lipinski definition) is 3. The molecular weight excluding hydrogens is 202 g/mol. The van der Waals surface area contributed by atoms with Gasteiger partial charge in [0.05, 0.1) is 5.54 Å². The lowest BCUT2D eigenvalue weighted by Gasteiger charge is -2.49. The first-order valence-corrected chi connectivity index (χ1v) is 6.15. The fraction of sp³-hybridized carbons (Fsp3) is 0.917. The van der Waals surface area contributed by atoms with Gasteiger partial charge in [0.2, 0.25) is 5.91 Å². The zero-order valence-corrected chi connectivity index (χ0v) is 10.8. The average Bonchev–Trinajstić information content (AvgIpc) is 2.94. The second-order valence-electron chi connectivity index (χ2n) is 5.74. The minimum Gasteiger partial charge on any atom is -0.332 e. The van der Waals surface area contributed by atoms with Crippen LogP contribution in [0.15, 0.2) is 0 Å².